The number of piperidine rings is 1. The Bertz CT molecular complexity index is 862. The van der Waals surface area contributed by atoms with Gasteiger partial charge in [0.1, 0.15) is 24.1 Å². The fourth-order valence-corrected chi connectivity index (χ4v) is 6.53. The van der Waals surface area contributed by atoms with Crippen molar-refractivity contribution >= 4 is 5.97 Å². The molecule has 1 aromatic rings. The number of nitrogens with zero attached hydrogens (tertiary/aromatic N) is 1. The first kappa shape index (κ1) is 21.2. The molecule has 0 radical (unpaired) electrons. The van der Waals surface area contributed by atoms with Gasteiger partial charge in [-0.2, -0.15) is 0 Å². The first-order chi connectivity index (χ1) is 14.8. The van der Waals surface area contributed by atoms with E-state index in [1.807, 2.05) is 12.1 Å². The molecule has 1 aromatic carbocycles. The molecular formula is C23H31NO7. The van der Waals surface area contributed by atoms with E-state index in [0.717, 1.165) is 25.8 Å². The summed E-state index contributed by atoms with van der Waals surface area (Å²) in [6.07, 6.45) is -1.03. The molecule has 170 valence electrons. The van der Waals surface area contributed by atoms with Crippen molar-refractivity contribution in [2.45, 2.75) is 80.7 Å². The van der Waals surface area contributed by atoms with Crippen LogP contribution in [0.4, 0.5) is 0 Å². The van der Waals surface area contributed by atoms with Crippen LogP contribution in [0, 0.1) is 5.92 Å². The third kappa shape index (κ3) is 3.27. The van der Waals surface area contributed by atoms with Crippen LogP contribution in [-0.4, -0.2) is 81.6 Å². The lowest BCUT2D eigenvalue weighted by Crippen LogP contribution is -2.61. The number of hydrogen-bond donors (Lipinski definition) is 4. The highest BCUT2D eigenvalue weighted by Crippen LogP contribution is 2.56. The third-order valence-electron chi connectivity index (χ3n) is 8.15. The number of benzene rings is 1. The van der Waals surface area contributed by atoms with Gasteiger partial charge in [0.15, 0.2) is 6.10 Å². The van der Waals surface area contributed by atoms with Crippen molar-refractivity contribution in [3.63, 3.8) is 0 Å². The van der Waals surface area contributed by atoms with Gasteiger partial charge in [-0.15, -0.1) is 0 Å². The minimum absolute atomic E-state index is 0.133. The number of hydrogen-bond acceptors (Lipinski definition) is 7. The van der Waals surface area contributed by atoms with E-state index in [1.54, 1.807) is 0 Å². The molecule has 5 rings (SSSR count). The second-order valence-corrected chi connectivity index (χ2v) is 9.68. The molecule has 4 aliphatic rings. The predicted octanol–water partition coefficient (Wildman–Crippen LogP) is 0.646. The van der Waals surface area contributed by atoms with Crippen LogP contribution in [0.5, 0.6) is 5.75 Å². The monoisotopic (exact) mass is 433 g/mol. The Morgan fingerprint density at radius 3 is 2.74 bits per heavy atom. The zero-order valence-corrected chi connectivity index (χ0v) is 17.7. The maximum Gasteiger partial charge on any atom is 0.335 e. The number of likely N-dealkylation sites (N-methyl/N-ethyl adjacent to an activating group) is 1. The second kappa shape index (κ2) is 7.71. The van der Waals surface area contributed by atoms with E-state index in [0.29, 0.717) is 17.7 Å². The van der Waals surface area contributed by atoms with E-state index in [2.05, 4.69) is 18.0 Å². The summed E-state index contributed by atoms with van der Waals surface area (Å²) in [6.45, 7) is 1.07. The summed E-state index contributed by atoms with van der Waals surface area (Å²) < 4.78 is 11.2. The smallest absolute Gasteiger partial charge is 0.335 e. The van der Waals surface area contributed by atoms with Gasteiger partial charge >= 0.3 is 5.97 Å². The number of fused-ring (bicyclic) bond motifs is 1. The number of aliphatic hydroxyl groups is 3. The molecule has 1 unspecified atom stereocenters. The van der Waals surface area contributed by atoms with Gasteiger partial charge in [-0.3, -0.25) is 0 Å². The first-order valence-corrected chi connectivity index (χ1v) is 11.2. The normalized spacial score (nSPS) is 42.4. The second-order valence-electron chi connectivity index (χ2n) is 9.68. The van der Waals surface area contributed by atoms with Crippen LogP contribution in [-0.2, 0) is 21.4 Å². The van der Waals surface area contributed by atoms with Crippen LogP contribution in [0.1, 0.15) is 43.2 Å². The van der Waals surface area contributed by atoms with Gasteiger partial charge < -0.3 is 34.8 Å². The highest BCUT2D eigenvalue weighted by Gasteiger charge is 2.53. The van der Waals surface area contributed by atoms with E-state index in [-0.39, 0.29) is 5.41 Å². The number of ether oxygens (including phenoxy) is 2. The number of carboxylic acid groups (broad SMARTS) is 1. The average molecular weight is 434 g/mol. The minimum Gasteiger partial charge on any atom is -0.479 e. The molecule has 2 saturated heterocycles. The van der Waals surface area contributed by atoms with Crippen LogP contribution < -0.4 is 4.74 Å². The summed E-state index contributed by atoms with van der Waals surface area (Å²) in [5, 5.41) is 39.5. The van der Waals surface area contributed by atoms with E-state index in [1.165, 1.54) is 30.4 Å². The Kier molecular flexibility index (Phi) is 5.26. The average Bonchev–Trinajstić information content (AvgIpc) is 2.76. The van der Waals surface area contributed by atoms with Gasteiger partial charge in [-0.05, 0) is 68.5 Å². The lowest BCUT2D eigenvalue weighted by molar-refractivity contribution is -0.271. The van der Waals surface area contributed by atoms with E-state index in [9.17, 15) is 25.2 Å². The molecule has 0 spiro atoms. The number of aliphatic carboxylic acids is 1. The van der Waals surface area contributed by atoms with Crippen molar-refractivity contribution in [3.05, 3.63) is 29.3 Å². The van der Waals surface area contributed by atoms with Crippen molar-refractivity contribution < 1.29 is 34.7 Å². The summed E-state index contributed by atoms with van der Waals surface area (Å²) in [5.41, 5.74) is 2.76. The van der Waals surface area contributed by atoms with Crippen LogP contribution in [0.3, 0.4) is 0 Å². The van der Waals surface area contributed by atoms with Crippen molar-refractivity contribution in [3.8, 4) is 5.75 Å². The number of carbonyl (C=O) groups is 1. The topological polar surface area (TPSA) is 120 Å². The fourth-order valence-electron chi connectivity index (χ4n) is 6.53. The molecule has 2 bridgehead atoms. The minimum atomic E-state index is -1.73. The van der Waals surface area contributed by atoms with E-state index >= 15 is 0 Å². The van der Waals surface area contributed by atoms with Crippen LogP contribution >= 0.6 is 0 Å². The lowest BCUT2D eigenvalue weighted by atomic mass is 9.52. The summed E-state index contributed by atoms with van der Waals surface area (Å²) in [4.78, 5) is 13.9. The summed E-state index contributed by atoms with van der Waals surface area (Å²) in [7, 11) is 2.23. The lowest BCUT2D eigenvalue weighted by Gasteiger charge is -2.58. The predicted molar refractivity (Wildman–Crippen MR) is 110 cm³/mol. The fraction of sp³-hybridized carbons (Fsp3) is 0.696. The molecule has 8 atom stereocenters. The summed E-state index contributed by atoms with van der Waals surface area (Å²) in [6, 6.07) is 6.47. The van der Waals surface area contributed by atoms with Crippen molar-refractivity contribution in [1.29, 1.82) is 0 Å². The Morgan fingerprint density at radius 1 is 1.16 bits per heavy atom. The Labute approximate surface area is 181 Å². The molecule has 4 N–H and O–H groups in total. The van der Waals surface area contributed by atoms with E-state index < -0.39 is 36.7 Å². The molecule has 1 saturated carbocycles. The van der Waals surface area contributed by atoms with Crippen molar-refractivity contribution in [2.24, 2.45) is 5.92 Å². The molecule has 0 amide bonds. The molecular weight excluding hydrogens is 402 g/mol. The Balaban J connectivity index is 1.45. The van der Waals surface area contributed by atoms with Crippen LogP contribution in [0.2, 0.25) is 0 Å². The van der Waals surface area contributed by atoms with Crippen molar-refractivity contribution in [2.75, 3.05) is 13.6 Å². The quantitative estimate of drug-likeness (QED) is 0.549. The van der Waals surface area contributed by atoms with Crippen molar-refractivity contribution in [1.82, 2.24) is 4.90 Å². The SMILES string of the molecule is CN1CC[C@@]23CCCC[C@@H]2[C@@H]1Cc1ccc(OC2O[C@H](C(=O)O)[C@@H](O)[C@H](O)[C@H]2O)cc13. The maximum absolute atomic E-state index is 11.4. The number of aliphatic hydroxyl groups excluding tert-OH is 3. The highest BCUT2D eigenvalue weighted by molar-refractivity contribution is 5.73. The summed E-state index contributed by atoms with van der Waals surface area (Å²) in [5.74, 6) is -0.321. The van der Waals surface area contributed by atoms with Crippen LogP contribution in [0.25, 0.3) is 0 Å². The zero-order valence-electron chi connectivity index (χ0n) is 17.7. The maximum atomic E-state index is 11.4. The van der Waals surface area contributed by atoms with Gasteiger partial charge in [-0.1, -0.05) is 18.9 Å². The summed E-state index contributed by atoms with van der Waals surface area (Å²) >= 11 is 0. The zero-order chi connectivity index (χ0) is 21.9. The van der Waals surface area contributed by atoms with Gasteiger partial charge in [0.05, 0.1) is 0 Å². The largest absolute Gasteiger partial charge is 0.479 e. The molecule has 31 heavy (non-hydrogen) atoms. The van der Waals surface area contributed by atoms with Crippen LogP contribution in [0.15, 0.2) is 18.2 Å². The Hall–Kier alpha value is -1.71. The Morgan fingerprint density at radius 2 is 1.97 bits per heavy atom. The highest BCUT2D eigenvalue weighted by atomic mass is 16.7. The standard InChI is InChI=1S/C23H31NO7/c1-24-9-8-23-7-3-2-4-14(23)16(24)10-12-5-6-13(11-15(12)23)30-22-19(27)17(25)18(26)20(31-22)21(28)29/h5-6,11,14,16-20,22,25-27H,2-4,7-10H2,1H3,(H,28,29)/t14-,16+,17+,18+,19-,20+,22?,23+/m1/s1. The number of rotatable bonds is 3. The molecule has 0 aromatic heterocycles. The molecule has 3 fully saturated rings. The van der Waals surface area contributed by atoms with E-state index in [4.69, 9.17) is 9.47 Å². The number of likely N-dealkylation sites (tertiary alicyclic amines) is 1. The van der Waals surface area contributed by atoms with Gasteiger partial charge in [-0.25, -0.2) is 4.79 Å². The molecule has 2 heterocycles. The molecule has 8 nitrogen and oxygen atoms in total. The van der Waals surface area contributed by atoms with Gasteiger partial charge in [0, 0.05) is 11.5 Å². The third-order valence-corrected chi connectivity index (χ3v) is 8.15. The molecule has 2 aliphatic carbocycles. The molecule has 2 aliphatic heterocycles. The number of carboxylic acids is 1. The van der Waals surface area contributed by atoms with Gasteiger partial charge in [0.2, 0.25) is 6.29 Å². The first-order valence-electron chi connectivity index (χ1n) is 11.2. The van der Waals surface area contributed by atoms with Gasteiger partial charge in [0.25, 0.3) is 0 Å². The molecule has 8 heteroatoms.